The SMILES string of the molecule is CCOc1ccc(C(C)(CN)CO)cc1. The van der Waals surface area contributed by atoms with Crippen LogP contribution in [0.3, 0.4) is 0 Å². The fraction of sp³-hybridized carbons (Fsp3) is 0.500. The molecule has 1 atom stereocenters. The Morgan fingerprint density at radius 2 is 1.93 bits per heavy atom. The lowest BCUT2D eigenvalue weighted by Crippen LogP contribution is -2.35. The maximum atomic E-state index is 9.30. The summed E-state index contributed by atoms with van der Waals surface area (Å²) in [4.78, 5) is 0. The van der Waals surface area contributed by atoms with Gasteiger partial charge < -0.3 is 15.6 Å². The summed E-state index contributed by atoms with van der Waals surface area (Å²) in [6.45, 7) is 5.04. The van der Waals surface area contributed by atoms with E-state index in [0.29, 0.717) is 13.2 Å². The van der Waals surface area contributed by atoms with Crippen LogP contribution in [0.15, 0.2) is 24.3 Å². The summed E-state index contributed by atoms with van der Waals surface area (Å²) in [5.74, 6) is 0.846. The van der Waals surface area contributed by atoms with Crippen molar-refractivity contribution >= 4 is 0 Å². The molecule has 3 N–H and O–H groups in total. The summed E-state index contributed by atoms with van der Waals surface area (Å²) < 4.78 is 5.35. The molecule has 84 valence electrons. The van der Waals surface area contributed by atoms with Crippen LogP contribution in [0.2, 0.25) is 0 Å². The molecule has 0 aromatic heterocycles. The van der Waals surface area contributed by atoms with Gasteiger partial charge in [0.1, 0.15) is 5.75 Å². The van der Waals surface area contributed by atoms with Gasteiger partial charge in [-0.3, -0.25) is 0 Å². The van der Waals surface area contributed by atoms with Crippen LogP contribution in [-0.4, -0.2) is 24.9 Å². The number of hydrogen-bond donors (Lipinski definition) is 2. The maximum Gasteiger partial charge on any atom is 0.119 e. The van der Waals surface area contributed by atoms with E-state index in [0.717, 1.165) is 11.3 Å². The quantitative estimate of drug-likeness (QED) is 0.768. The first kappa shape index (κ1) is 12.0. The highest BCUT2D eigenvalue weighted by molar-refractivity contribution is 5.32. The Morgan fingerprint density at radius 1 is 1.33 bits per heavy atom. The molecule has 0 bridgehead atoms. The van der Waals surface area contributed by atoms with E-state index in [2.05, 4.69) is 0 Å². The maximum absolute atomic E-state index is 9.30. The molecule has 15 heavy (non-hydrogen) atoms. The van der Waals surface area contributed by atoms with E-state index >= 15 is 0 Å². The van der Waals surface area contributed by atoms with Crippen molar-refractivity contribution in [2.75, 3.05) is 19.8 Å². The highest BCUT2D eigenvalue weighted by Crippen LogP contribution is 2.24. The Morgan fingerprint density at radius 3 is 2.33 bits per heavy atom. The van der Waals surface area contributed by atoms with Gasteiger partial charge >= 0.3 is 0 Å². The smallest absolute Gasteiger partial charge is 0.119 e. The predicted molar refractivity (Wildman–Crippen MR) is 61.1 cm³/mol. The van der Waals surface area contributed by atoms with Gasteiger partial charge in [0, 0.05) is 12.0 Å². The van der Waals surface area contributed by atoms with E-state index in [1.807, 2.05) is 38.1 Å². The number of rotatable bonds is 5. The minimum Gasteiger partial charge on any atom is -0.494 e. The van der Waals surface area contributed by atoms with Crippen molar-refractivity contribution in [3.8, 4) is 5.75 Å². The molecule has 1 unspecified atom stereocenters. The molecule has 0 saturated carbocycles. The average Bonchev–Trinajstić information content (AvgIpc) is 2.29. The van der Waals surface area contributed by atoms with Gasteiger partial charge in [-0.05, 0) is 24.6 Å². The van der Waals surface area contributed by atoms with Crippen molar-refractivity contribution in [1.82, 2.24) is 0 Å². The van der Waals surface area contributed by atoms with Crippen LogP contribution in [0, 0.1) is 0 Å². The summed E-state index contributed by atoms with van der Waals surface area (Å²) in [7, 11) is 0. The van der Waals surface area contributed by atoms with Crippen molar-refractivity contribution in [2.45, 2.75) is 19.3 Å². The zero-order valence-corrected chi connectivity index (χ0v) is 9.36. The highest BCUT2D eigenvalue weighted by Gasteiger charge is 2.23. The lowest BCUT2D eigenvalue weighted by atomic mass is 9.83. The minimum atomic E-state index is -0.356. The molecule has 3 nitrogen and oxygen atoms in total. The normalized spacial score (nSPS) is 14.7. The van der Waals surface area contributed by atoms with Crippen LogP contribution in [-0.2, 0) is 5.41 Å². The van der Waals surface area contributed by atoms with Crippen molar-refractivity contribution in [3.05, 3.63) is 29.8 Å². The molecule has 1 aromatic carbocycles. The Kier molecular flexibility index (Phi) is 4.12. The van der Waals surface area contributed by atoms with Gasteiger partial charge in [-0.2, -0.15) is 0 Å². The van der Waals surface area contributed by atoms with Crippen LogP contribution >= 0.6 is 0 Å². The summed E-state index contributed by atoms with van der Waals surface area (Å²) in [6, 6.07) is 7.72. The molecule has 1 rings (SSSR count). The number of ether oxygens (including phenoxy) is 1. The summed E-state index contributed by atoms with van der Waals surface area (Å²) in [6.07, 6.45) is 0. The molecular formula is C12H19NO2. The zero-order chi connectivity index (χ0) is 11.3. The number of benzene rings is 1. The van der Waals surface area contributed by atoms with E-state index in [9.17, 15) is 5.11 Å². The number of nitrogens with two attached hydrogens (primary N) is 1. The summed E-state index contributed by atoms with van der Waals surface area (Å²) in [5.41, 5.74) is 6.34. The third-order valence-electron chi connectivity index (χ3n) is 2.66. The van der Waals surface area contributed by atoms with E-state index in [1.54, 1.807) is 0 Å². The van der Waals surface area contributed by atoms with Crippen molar-refractivity contribution in [2.24, 2.45) is 5.73 Å². The second-order valence-corrected chi connectivity index (χ2v) is 3.88. The minimum absolute atomic E-state index is 0.0531. The van der Waals surface area contributed by atoms with E-state index < -0.39 is 0 Å². The van der Waals surface area contributed by atoms with Crippen LogP contribution < -0.4 is 10.5 Å². The van der Waals surface area contributed by atoms with Crippen LogP contribution in [0.4, 0.5) is 0 Å². The summed E-state index contributed by atoms with van der Waals surface area (Å²) >= 11 is 0. The molecule has 0 aliphatic carbocycles. The molecule has 0 aliphatic rings. The number of aliphatic hydroxyl groups is 1. The Bertz CT molecular complexity index is 291. The fourth-order valence-corrected chi connectivity index (χ4v) is 1.39. The standard InChI is InChI=1S/C12H19NO2/c1-3-15-11-6-4-10(5-7-11)12(2,8-13)9-14/h4-7,14H,3,8-9,13H2,1-2H3. The molecule has 0 fully saturated rings. The van der Waals surface area contributed by atoms with E-state index in [4.69, 9.17) is 10.5 Å². The third kappa shape index (κ3) is 2.70. The first-order valence-electron chi connectivity index (χ1n) is 5.20. The predicted octanol–water partition coefficient (Wildman–Crippen LogP) is 1.29. The average molecular weight is 209 g/mol. The highest BCUT2D eigenvalue weighted by atomic mass is 16.5. The van der Waals surface area contributed by atoms with Gasteiger partial charge in [0.15, 0.2) is 0 Å². The second kappa shape index (κ2) is 5.14. The number of aliphatic hydroxyl groups excluding tert-OH is 1. The summed E-state index contributed by atoms with van der Waals surface area (Å²) in [5, 5.41) is 9.30. The Hall–Kier alpha value is -1.06. The first-order valence-corrected chi connectivity index (χ1v) is 5.20. The Balaban J connectivity index is 2.87. The monoisotopic (exact) mass is 209 g/mol. The van der Waals surface area contributed by atoms with Gasteiger partial charge in [-0.25, -0.2) is 0 Å². The Labute approximate surface area is 90.9 Å². The molecule has 1 aromatic rings. The van der Waals surface area contributed by atoms with Gasteiger partial charge in [0.05, 0.1) is 13.2 Å². The molecule has 0 spiro atoms. The lowest BCUT2D eigenvalue weighted by molar-refractivity contribution is 0.210. The number of hydrogen-bond acceptors (Lipinski definition) is 3. The van der Waals surface area contributed by atoms with Gasteiger partial charge in [0.25, 0.3) is 0 Å². The van der Waals surface area contributed by atoms with Crippen LogP contribution in [0.5, 0.6) is 5.75 Å². The van der Waals surface area contributed by atoms with Crippen molar-refractivity contribution < 1.29 is 9.84 Å². The van der Waals surface area contributed by atoms with E-state index in [-0.39, 0.29) is 12.0 Å². The molecule has 3 heteroatoms. The van der Waals surface area contributed by atoms with Gasteiger partial charge in [0.2, 0.25) is 0 Å². The third-order valence-corrected chi connectivity index (χ3v) is 2.66. The van der Waals surface area contributed by atoms with Crippen LogP contribution in [0.25, 0.3) is 0 Å². The molecule has 0 saturated heterocycles. The van der Waals surface area contributed by atoms with Gasteiger partial charge in [-0.15, -0.1) is 0 Å². The van der Waals surface area contributed by atoms with Crippen LogP contribution in [0.1, 0.15) is 19.4 Å². The topological polar surface area (TPSA) is 55.5 Å². The van der Waals surface area contributed by atoms with Crippen molar-refractivity contribution in [1.29, 1.82) is 0 Å². The fourth-order valence-electron chi connectivity index (χ4n) is 1.39. The largest absolute Gasteiger partial charge is 0.494 e. The van der Waals surface area contributed by atoms with E-state index in [1.165, 1.54) is 0 Å². The molecule has 0 heterocycles. The molecular weight excluding hydrogens is 190 g/mol. The van der Waals surface area contributed by atoms with Crippen molar-refractivity contribution in [3.63, 3.8) is 0 Å². The lowest BCUT2D eigenvalue weighted by Gasteiger charge is -2.26. The molecule has 0 radical (unpaired) electrons. The van der Waals surface area contributed by atoms with Gasteiger partial charge in [-0.1, -0.05) is 19.1 Å². The molecule has 0 aliphatic heterocycles. The molecule has 0 amide bonds. The zero-order valence-electron chi connectivity index (χ0n) is 9.36. The first-order chi connectivity index (χ1) is 7.16. The second-order valence-electron chi connectivity index (χ2n) is 3.88.